The van der Waals surface area contributed by atoms with E-state index in [4.69, 9.17) is 4.99 Å². The topological polar surface area (TPSA) is 117 Å². The summed E-state index contributed by atoms with van der Waals surface area (Å²) in [5.41, 5.74) is 6.14. The molecule has 0 bridgehead atoms. The van der Waals surface area contributed by atoms with Crippen molar-refractivity contribution < 1.29 is 9.72 Å². The van der Waals surface area contributed by atoms with Gasteiger partial charge in [0.1, 0.15) is 5.92 Å². The summed E-state index contributed by atoms with van der Waals surface area (Å²) in [5, 5.41) is 14.4. The number of aromatic nitrogens is 2. The molecule has 1 unspecified atom stereocenters. The number of hydrogen-bond donors (Lipinski definition) is 2. The fraction of sp³-hybridized carbons (Fsp3) is 0.207. The van der Waals surface area contributed by atoms with Crippen molar-refractivity contribution in [3.8, 4) is 11.3 Å². The van der Waals surface area contributed by atoms with Gasteiger partial charge in [0.15, 0.2) is 0 Å². The number of H-pyrrole nitrogens is 1. The molecule has 9 nitrogen and oxygen atoms in total. The van der Waals surface area contributed by atoms with Gasteiger partial charge in [-0.1, -0.05) is 36.4 Å². The summed E-state index contributed by atoms with van der Waals surface area (Å²) in [7, 11) is 0. The number of hydrogen-bond acceptors (Lipinski definition) is 6. The van der Waals surface area contributed by atoms with E-state index in [1.807, 2.05) is 36.4 Å². The molecule has 0 saturated carbocycles. The standard InChI is InChI=1S/C29H26N6O3/c36-29-27(24-15-23(35(37)38)11-12-25(24)33-29)28(21-5-3-19(4-6-21)17-34-13-1-2-14-34)32-22-9-7-20(8-10-22)26-16-30-18-31-26/h3-12,15-16,18,27H,1-2,13-14,17H2,(H,30,31)(H,33,36). The average molecular weight is 507 g/mol. The van der Waals surface area contributed by atoms with Crippen LogP contribution in [0.3, 0.4) is 0 Å². The van der Waals surface area contributed by atoms with Crippen molar-refractivity contribution in [2.45, 2.75) is 25.3 Å². The van der Waals surface area contributed by atoms with Gasteiger partial charge < -0.3 is 10.3 Å². The number of nitrogens with zero attached hydrogens (tertiary/aromatic N) is 4. The highest BCUT2D eigenvalue weighted by atomic mass is 16.6. The molecular formula is C29H26N6O3. The molecule has 3 heterocycles. The van der Waals surface area contributed by atoms with Crippen molar-refractivity contribution in [1.82, 2.24) is 14.9 Å². The number of nitro groups is 1. The minimum Gasteiger partial charge on any atom is -0.345 e. The molecule has 9 heteroatoms. The minimum atomic E-state index is -0.776. The number of imidazole rings is 1. The molecule has 1 aromatic heterocycles. The largest absolute Gasteiger partial charge is 0.345 e. The van der Waals surface area contributed by atoms with Crippen molar-refractivity contribution in [3.05, 3.63) is 106 Å². The van der Waals surface area contributed by atoms with E-state index in [1.54, 1.807) is 18.6 Å². The zero-order valence-electron chi connectivity index (χ0n) is 20.6. The first-order valence-electron chi connectivity index (χ1n) is 12.6. The SMILES string of the molecule is O=C1Nc2ccc([N+](=O)[O-])cc2C1C(=Nc1ccc(-c2cnc[nH]2)cc1)c1ccc(CN2CCCC2)cc1. The van der Waals surface area contributed by atoms with Gasteiger partial charge in [-0.25, -0.2) is 4.98 Å². The molecule has 190 valence electrons. The van der Waals surface area contributed by atoms with E-state index in [-0.39, 0.29) is 11.6 Å². The van der Waals surface area contributed by atoms with Crippen molar-refractivity contribution in [2.75, 3.05) is 18.4 Å². The van der Waals surface area contributed by atoms with Crippen LogP contribution in [-0.2, 0) is 11.3 Å². The van der Waals surface area contributed by atoms with Crippen LogP contribution in [0.4, 0.5) is 17.1 Å². The summed E-state index contributed by atoms with van der Waals surface area (Å²) in [4.78, 5) is 38.8. The van der Waals surface area contributed by atoms with Gasteiger partial charge in [0.2, 0.25) is 5.91 Å². The Morgan fingerprint density at radius 2 is 1.82 bits per heavy atom. The van der Waals surface area contributed by atoms with Crippen molar-refractivity contribution >= 4 is 28.7 Å². The van der Waals surface area contributed by atoms with E-state index in [1.165, 1.54) is 30.5 Å². The Hall–Kier alpha value is -4.63. The molecule has 1 fully saturated rings. The van der Waals surface area contributed by atoms with Crippen molar-refractivity contribution in [1.29, 1.82) is 0 Å². The molecule has 3 aromatic carbocycles. The molecule has 1 saturated heterocycles. The Labute approximate surface area is 219 Å². The highest BCUT2D eigenvalue weighted by Crippen LogP contribution is 2.38. The summed E-state index contributed by atoms with van der Waals surface area (Å²) in [6.07, 6.45) is 5.84. The second kappa shape index (κ2) is 10.0. The number of amides is 1. The van der Waals surface area contributed by atoms with Gasteiger partial charge in [0.05, 0.1) is 34.5 Å². The average Bonchev–Trinajstić information content (AvgIpc) is 3.70. The van der Waals surface area contributed by atoms with Crippen LogP contribution < -0.4 is 5.32 Å². The smallest absolute Gasteiger partial charge is 0.269 e. The number of likely N-dealkylation sites (tertiary alicyclic amines) is 1. The van der Waals surface area contributed by atoms with Crippen LogP contribution in [0.25, 0.3) is 11.3 Å². The molecular weight excluding hydrogens is 480 g/mol. The zero-order valence-corrected chi connectivity index (χ0v) is 20.6. The van der Waals surface area contributed by atoms with Crippen LogP contribution in [0.2, 0.25) is 0 Å². The molecule has 0 aliphatic carbocycles. The number of nitrogens with one attached hydrogen (secondary N) is 2. The third-order valence-electron chi connectivity index (χ3n) is 7.13. The second-order valence-corrected chi connectivity index (χ2v) is 9.64. The first kappa shape index (κ1) is 23.7. The third-order valence-corrected chi connectivity index (χ3v) is 7.13. The van der Waals surface area contributed by atoms with Crippen LogP contribution in [0.5, 0.6) is 0 Å². The lowest BCUT2D eigenvalue weighted by Crippen LogP contribution is -2.22. The molecule has 2 aliphatic rings. The molecule has 1 atom stereocenters. The molecule has 6 rings (SSSR count). The summed E-state index contributed by atoms with van der Waals surface area (Å²) < 4.78 is 0. The number of non-ortho nitro benzene ring substituents is 1. The van der Waals surface area contributed by atoms with Crippen LogP contribution in [0, 0.1) is 10.1 Å². The highest BCUT2D eigenvalue weighted by molar-refractivity contribution is 6.24. The number of aliphatic imine (C=N–C) groups is 1. The van der Waals surface area contributed by atoms with Gasteiger partial charge in [0.25, 0.3) is 5.69 Å². The lowest BCUT2D eigenvalue weighted by atomic mass is 9.90. The Morgan fingerprint density at radius 1 is 1.05 bits per heavy atom. The molecule has 2 aliphatic heterocycles. The highest BCUT2D eigenvalue weighted by Gasteiger charge is 2.36. The summed E-state index contributed by atoms with van der Waals surface area (Å²) in [5.74, 6) is -1.03. The van der Waals surface area contributed by atoms with Crippen LogP contribution in [0.1, 0.15) is 35.4 Å². The van der Waals surface area contributed by atoms with Gasteiger partial charge in [-0.15, -0.1) is 0 Å². The minimum absolute atomic E-state index is 0.0607. The quantitative estimate of drug-likeness (QED) is 0.197. The Bertz CT molecular complexity index is 1510. The van der Waals surface area contributed by atoms with Gasteiger partial charge in [-0.05, 0) is 60.8 Å². The lowest BCUT2D eigenvalue weighted by Gasteiger charge is -2.17. The van der Waals surface area contributed by atoms with E-state index < -0.39 is 10.8 Å². The predicted octanol–water partition coefficient (Wildman–Crippen LogP) is 5.44. The number of carbonyl (C=O) groups is 1. The van der Waals surface area contributed by atoms with Gasteiger partial charge >= 0.3 is 0 Å². The summed E-state index contributed by atoms with van der Waals surface area (Å²) >= 11 is 0. The number of fused-ring (bicyclic) bond motifs is 1. The molecule has 1 amide bonds. The maximum atomic E-state index is 13.2. The molecule has 2 N–H and O–H groups in total. The van der Waals surface area contributed by atoms with Crippen LogP contribution in [0.15, 0.2) is 84.2 Å². The van der Waals surface area contributed by atoms with Crippen molar-refractivity contribution in [2.24, 2.45) is 4.99 Å². The number of nitro benzene ring substituents is 1. The van der Waals surface area contributed by atoms with E-state index in [0.717, 1.165) is 36.5 Å². The fourth-order valence-electron chi connectivity index (χ4n) is 5.18. The zero-order chi connectivity index (χ0) is 26.1. The molecule has 0 spiro atoms. The maximum Gasteiger partial charge on any atom is 0.269 e. The number of benzene rings is 3. The van der Waals surface area contributed by atoms with E-state index in [9.17, 15) is 14.9 Å². The number of aromatic amines is 1. The molecule has 4 aromatic rings. The third kappa shape index (κ3) is 4.71. The summed E-state index contributed by atoms with van der Waals surface area (Å²) in [6.45, 7) is 3.11. The van der Waals surface area contributed by atoms with Crippen molar-refractivity contribution in [3.63, 3.8) is 0 Å². The Morgan fingerprint density at radius 3 is 2.50 bits per heavy atom. The van der Waals surface area contributed by atoms with E-state index in [0.29, 0.717) is 22.6 Å². The molecule has 38 heavy (non-hydrogen) atoms. The Kier molecular flexibility index (Phi) is 6.27. The number of anilines is 1. The predicted molar refractivity (Wildman–Crippen MR) is 146 cm³/mol. The summed E-state index contributed by atoms with van der Waals surface area (Å²) in [6, 6.07) is 20.2. The number of carbonyl (C=O) groups excluding carboxylic acids is 1. The van der Waals surface area contributed by atoms with E-state index in [2.05, 4.69) is 32.3 Å². The van der Waals surface area contributed by atoms with Crippen LogP contribution in [-0.4, -0.2) is 44.5 Å². The van der Waals surface area contributed by atoms with Gasteiger partial charge in [0, 0.05) is 29.9 Å². The van der Waals surface area contributed by atoms with E-state index >= 15 is 0 Å². The normalized spacial score (nSPS) is 17.4. The first-order valence-corrected chi connectivity index (χ1v) is 12.6. The van der Waals surface area contributed by atoms with Gasteiger partial charge in [-0.2, -0.15) is 0 Å². The maximum absolute atomic E-state index is 13.2. The molecule has 0 radical (unpaired) electrons. The first-order chi connectivity index (χ1) is 18.5. The van der Waals surface area contributed by atoms with Crippen LogP contribution >= 0.6 is 0 Å². The number of rotatable bonds is 7. The fourth-order valence-corrected chi connectivity index (χ4v) is 5.18. The second-order valence-electron chi connectivity index (χ2n) is 9.64. The van der Waals surface area contributed by atoms with Gasteiger partial charge in [-0.3, -0.25) is 24.8 Å². The Balaban J connectivity index is 1.40. The monoisotopic (exact) mass is 506 g/mol. The lowest BCUT2D eigenvalue weighted by molar-refractivity contribution is -0.384.